The highest BCUT2D eigenvalue weighted by Crippen LogP contribution is 2.37. The van der Waals surface area contributed by atoms with E-state index in [0.717, 1.165) is 87.6 Å². The summed E-state index contributed by atoms with van der Waals surface area (Å²) >= 11 is 15.9. The molecule has 8 aromatic carbocycles. The molecule has 3 atom stereocenters. The van der Waals surface area contributed by atoms with Crippen molar-refractivity contribution in [1.29, 1.82) is 0 Å². The van der Waals surface area contributed by atoms with Crippen LogP contribution in [0.5, 0.6) is 34.5 Å². The number of halogens is 5. The van der Waals surface area contributed by atoms with Gasteiger partial charge in [0, 0.05) is 104 Å². The van der Waals surface area contributed by atoms with Gasteiger partial charge < -0.3 is 67.9 Å². The first-order valence-electron chi connectivity index (χ1n) is 40.7. The number of rotatable bonds is 15. The lowest BCUT2D eigenvalue weighted by Crippen LogP contribution is -2.18. The first-order chi connectivity index (χ1) is 63.5. The fourth-order valence-corrected chi connectivity index (χ4v) is 14.1. The van der Waals surface area contributed by atoms with Gasteiger partial charge in [-0.25, -0.2) is 9.59 Å². The monoisotopic (exact) mass is 2160 g/mol. The minimum Gasteiger partial charge on any atom is -0.507 e. The second-order valence-electron chi connectivity index (χ2n) is 29.6. The smallest absolute Gasteiger partial charge is 0.373 e. The number of nitrogens with two attached hydrogens (primary N) is 1. The zero-order valence-corrected chi connectivity index (χ0v) is 84.4. The highest BCUT2D eigenvalue weighted by Gasteiger charge is 2.24. The Morgan fingerprint density at radius 3 is 1.30 bits per heavy atom. The molecule has 3 aliphatic heterocycles. The maximum Gasteiger partial charge on any atom is 0.373 e. The van der Waals surface area contributed by atoms with Gasteiger partial charge in [0.25, 0.3) is 11.1 Å². The van der Waals surface area contributed by atoms with Gasteiger partial charge in [0.2, 0.25) is 0 Å². The largest absolute Gasteiger partial charge is 0.507 e. The molecule has 3 aliphatic rings. The van der Waals surface area contributed by atoms with Crippen LogP contribution in [0.3, 0.4) is 0 Å². The van der Waals surface area contributed by atoms with Crippen molar-refractivity contribution < 1.29 is 115 Å². The number of pyridine rings is 2. The van der Waals surface area contributed by atoms with Crippen LogP contribution in [0.1, 0.15) is 180 Å². The van der Waals surface area contributed by atoms with Gasteiger partial charge in [-0.2, -0.15) is 28.8 Å². The Morgan fingerprint density at radius 1 is 0.463 bits per heavy atom. The molecule has 6 N–H and O–H groups in total. The van der Waals surface area contributed by atoms with Gasteiger partial charge in [-0.15, -0.1) is 0 Å². The van der Waals surface area contributed by atoms with E-state index in [2.05, 4.69) is 195 Å². The van der Waals surface area contributed by atoms with Crippen molar-refractivity contribution in [3.63, 3.8) is 0 Å². The number of carbonyl (C=O) groups excluding carboxylic acids is 12. The van der Waals surface area contributed by atoms with E-state index in [0.29, 0.717) is 82.9 Å². The van der Waals surface area contributed by atoms with Gasteiger partial charge in [-0.3, -0.25) is 33.6 Å². The van der Waals surface area contributed by atoms with Gasteiger partial charge in [0.15, 0.2) is 36.3 Å². The van der Waals surface area contributed by atoms with E-state index in [9.17, 15) is 48.3 Å². The number of aromatic amines is 2. The number of ketones is 4. The number of fused-ring (bicyclic) bond motifs is 5. The Balaban J connectivity index is 0.000000385. The normalized spacial score (nSPS) is 12.3. The molecule has 0 spiro atoms. The SMILES string of the molecule is CC(=O)c1ccc(Br)cc1O.CC(=O)c1ccc(Br)cc1OCC(=O)O.CC1COc2ccccc21.COC(=O)CBr.COC(=O)COc1cc(Br)ccc1C(C)=O.Cc1cc(C)c(CCC(=O)c2ccc3c(c2)OCC3C)c(=O)[nH]1.Cc1cc(C)c(CN)c(=O)[nH]1.Cc1ccc2c(C)coc2c1.Cc1ccc2c(c1)OCC2C.Cc1coc2cc(Br)ccc12.O=C=O.O=C=O.O=C=O. The van der Waals surface area contributed by atoms with Gasteiger partial charge in [-0.1, -0.05) is 155 Å². The highest BCUT2D eigenvalue weighted by molar-refractivity contribution is 9.11. The summed E-state index contributed by atoms with van der Waals surface area (Å²) in [5.41, 5.74) is 22.7. The summed E-state index contributed by atoms with van der Waals surface area (Å²) in [6.07, 6.45) is 5.09. The van der Waals surface area contributed by atoms with Crippen LogP contribution >= 0.6 is 79.6 Å². The van der Waals surface area contributed by atoms with E-state index < -0.39 is 18.5 Å². The summed E-state index contributed by atoms with van der Waals surface area (Å²) in [7, 11) is 2.63. The number of aromatic hydroxyl groups is 1. The van der Waals surface area contributed by atoms with Crippen LogP contribution < -0.4 is 40.5 Å². The van der Waals surface area contributed by atoms with Crippen molar-refractivity contribution >= 4 is 161 Å². The van der Waals surface area contributed by atoms with Gasteiger partial charge >= 0.3 is 36.4 Å². The number of para-hydroxylation sites is 1. The Bertz CT molecular complexity index is 6100. The zero-order chi connectivity index (χ0) is 101. The van der Waals surface area contributed by atoms with Crippen molar-refractivity contribution in [3.05, 3.63) is 310 Å². The standard InChI is InChI=1S/C19H21NO3.C11H11BrO4.C10H9BrO4.C10H12O.C10H10O.C9H7BrO.C9H10O.C8H7BrO2.C8H12N2O.C3H5BrO2.3CO2/c1-11-8-13(3)20-19(22)16(11)6-7-17(21)14-4-5-15-12(2)10-23-18(15)9-14;1-7(13)9-4-3-8(12)5-10(9)16-6-11(14)15-2;1-6(12)8-3-2-7(11)4-9(8)15-5-10(13)14;2*1-7-3-4-9-8(2)6-11-10(9)5-7;1-6-5-11-9-4-7(10)2-3-8(6)9;1-7-6-10-9-5-3-2-4-8(7)9;1-5(10)7-3-2-6(9)4-8(7)11;1-5-3-6(2)10-8(11)7(5)4-9;1-6-3(5)2-4;3*2-1-3/h4-5,8-9,12H,6-7,10H2,1-3H3,(H,20,22);3-5H,6H2,1-2H3;2-4H,5H2,1H3,(H,13,14);3-5,8H,6H2,1-2H3;3-6H,1-2H3;2-5H,1H3;2-5,7H,6H2,1H3;2-4,11H,1H3;3H,4,9H2,1-2H3,(H,10,11);2H2,1H3;;;. The Kier molecular flexibility index (Phi) is 51.9. The van der Waals surface area contributed by atoms with E-state index in [-0.39, 0.29) is 82.1 Å². The number of aryl methyl sites for hydroxylation is 8. The van der Waals surface area contributed by atoms with Crippen molar-refractivity contribution in [2.75, 3.05) is 52.6 Å². The molecule has 0 radical (unpaired) electrons. The lowest BCUT2D eigenvalue weighted by atomic mass is 9.97. The third kappa shape index (κ3) is 39.5. The maximum absolute atomic E-state index is 12.4. The van der Waals surface area contributed by atoms with E-state index >= 15 is 0 Å². The molecule has 12 aromatic rings. The molecule has 0 saturated heterocycles. The number of carboxylic acids is 1. The number of benzene rings is 8. The minimum absolute atomic E-state index is 0.0203. The molecule has 0 bridgehead atoms. The van der Waals surface area contributed by atoms with Crippen molar-refractivity contribution in [2.45, 2.75) is 134 Å². The molecule has 15 rings (SSSR count). The van der Waals surface area contributed by atoms with Crippen molar-refractivity contribution in [1.82, 2.24) is 9.97 Å². The summed E-state index contributed by atoms with van der Waals surface area (Å²) in [6, 6.07) is 51.1. The van der Waals surface area contributed by atoms with Crippen LogP contribution in [0.15, 0.2) is 213 Å². The topological polar surface area (TPSA) is 445 Å². The number of nitrogens with one attached hydrogen (secondary N) is 2. The van der Waals surface area contributed by atoms with Crippen molar-refractivity contribution in [3.8, 4) is 34.5 Å². The summed E-state index contributed by atoms with van der Waals surface area (Å²) in [5, 5.41) is 20.4. The zero-order valence-electron chi connectivity index (χ0n) is 76.5. The third-order valence-corrected chi connectivity index (χ3v) is 21.6. The molecule has 0 fully saturated rings. The lowest BCUT2D eigenvalue weighted by Gasteiger charge is -2.08. The average Bonchev–Trinajstić information content (AvgIpc) is 1.68. The molecule has 4 aromatic heterocycles. The minimum atomic E-state index is -1.08. The first-order valence-corrected chi connectivity index (χ1v) is 45.0. The predicted molar refractivity (Wildman–Crippen MR) is 519 cm³/mol. The molecule has 7 heterocycles. The molecule has 0 amide bonds. The number of phenols is 1. The summed E-state index contributed by atoms with van der Waals surface area (Å²) in [6.45, 7) is 28.5. The summed E-state index contributed by atoms with van der Waals surface area (Å²) in [5.74, 6) is 2.97. The predicted octanol–water partition coefficient (Wildman–Crippen LogP) is 20.5. The fraction of sp³-hybridized carbons (Fsp3) is 0.280. The first kappa shape index (κ1) is 115. The molecule has 134 heavy (non-hydrogen) atoms. The number of aliphatic carboxylic acids is 1. The number of furan rings is 2. The number of esters is 2. The van der Waals surface area contributed by atoms with E-state index in [1.165, 1.54) is 85.2 Å². The number of aromatic nitrogens is 2. The maximum atomic E-state index is 12.4. The van der Waals surface area contributed by atoms with E-state index in [4.69, 9.17) is 72.1 Å². The number of methoxy groups -OCH3 is 2. The van der Waals surface area contributed by atoms with Crippen LogP contribution in [0.25, 0.3) is 21.9 Å². The second kappa shape index (κ2) is 60.3. The van der Waals surface area contributed by atoms with Gasteiger partial charge in [0.1, 0.15) is 51.0 Å². The number of Topliss-reactive ketones (excluding diaryl/α,β-unsaturated/α-hetero) is 4. The number of ether oxygens (including phenoxy) is 7. The van der Waals surface area contributed by atoms with Gasteiger partial charge in [-0.05, 0) is 225 Å². The number of carboxylic acid groups (broad SMARTS) is 1. The molecule has 710 valence electrons. The second-order valence-corrected chi connectivity index (χ2v) is 33.8. The van der Waals surface area contributed by atoms with Crippen LogP contribution in [0.2, 0.25) is 0 Å². The third-order valence-electron chi connectivity index (χ3n) is 19.2. The molecular formula is C100H104Br5N3O26. The van der Waals surface area contributed by atoms with Crippen LogP contribution in [0, 0.1) is 55.4 Å². The van der Waals surface area contributed by atoms with E-state index in [1.807, 2.05) is 89.2 Å². The molecule has 0 aliphatic carbocycles. The summed E-state index contributed by atoms with van der Waals surface area (Å²) < 4.78 is 49.3. The lowest BCUT2D eigenvalue weighted by molar-refractivity contribution is -0.193. The summed E-state index contributed by atoms with van der Waals surface area (Å²) in [4.78, 5) is 154. The molecule has 34 heteroatoms. The Labute approximate surface area is 816 Å². The Morgan fingerprint density at radius 2 is 0.858 bits per heavy atom. The number of carbonyl (C=O) groups is 7. The number of phenolic OH excluding ortho intramolecular Hbond substituents is 1. The number of hydrogen-bond donors (Lipinski definition) is 5. The number of H-pyrrole nitrogens is 2. The number of hydrogen-bond acceptors (Lipinski definition) is 26. The van der Waals surface area contributed by atoms with Crippen LogP contribution in [-0.2, 0) is 65.6 Å². The average molecular weight is 2160 g/mol. The van der Waals surface area contributed by atoms with Crippen LogP contribution in [-0.4, -0.2) is 132 Å². The Hall–Kier alpha value is -12.9. The molecular weight excluding hydrogens is 2060 g/mol. The van der Waals surface area contributed by atoms with E-state index in [1.54, 1.807) is 61.1 Å². The molecule has 0 saturated carbocycles. The van der Waals surface area contributed by atoms with Gasteiger partial charge in [0.05, 0.1) is 63.3 Å². The van der Waals surface area contributed by atoms with Crippen molar-refractivity contribution in [2.24, 2.45) is 5.73 Å². The molecule has 29 nitrogen and oxygen atoms in total. The quantitative estimate of drug-likeness (QED) is 0.0361. The highest BCUT2D eigenvalue weighted by atomic mass is 79.9. The van der Waals surface area contributed by atoms with Crippen LogP contribution in [0.4, 0.5) is 0 Å². The molecule has 3 unspecified atom stereocenters. The number of alkyl halides is 1. The fourth-order valence-electron chi connectivity index (χ4n) is 12.5.